The lowest BCUT2D eigenvalue weighted by Gasteiger charge is -2.31. The lowest BCUT2D eigenvalue weighted by Crippen LogP contribution is -2.18. The molecule has 0 aliphatic heterocycles. The highest BCUT2D eigenvalue weighted by atomic mass is 35.5. The average molecular weight is 351 g/mol. The lowest BCUT2D eigenvalue weighted by molar-refractivity contribution is -0.112. The molecule has 0 spiro atoms. The summed E-state index contributed by atoms with van der Waals surface area (Å²) >= 11 is 5.78. The Labute approximate surface area is 150 Å². The first-order chi connectivity index (χ1) is 11.7. The SMILES string of the molecule is O=C[C@H]1CC[C@H](CC[C@H]2CC[C@H](c3ccc(Cl)c(F)c3)CC2)CC1. The van der Waals surface area contributed by atoms with Crippen molar-refractivity contribution < 1.29 is 9.18 Å². The van der Waals surface area contributed by atoms with Crippen LogP contribution in [0.25, 0.3) is 0 Å². The zero-order valence-electron chi connectivity index (χ0n) is 14.4. The van der Waals surface area contributed by atoms with Gasteiger partial charge in [0.2, 0.25) is 0 Å². The van der Waals surface area contributed by atoms with Gasteiger partial charge in [-0.25, -0.2) is 4.39 Å². The van der Waals surface area contributed by atoms with Crippen LogP contribution in [0, 0.1) is 23.6 Å². The van der Waals surface area contributed by atoms with E-state index in [1.807, 2.05) is 6.07 Å². The quantitative estimate of drug-likeness (QED) is 0.551. The molecule has 2 fully saturated rings. The van der Waals surface area contributed by atoms with E-state index >= 15 is 0 Å². The molecule has 0 aromatic heterocycles. The van der Waals surface area contributed by atoms with Crippen molar-refractivity contribution in [1.29, 1.82) is 0 Å². The summed E-state index contributed by atoms with van der Waals surface area (Å²) in [6, 6.07) is 5.30. The second-order valence-electron chi connectivity index (χ2n) is 7.89. The Bertz CT molecular complexity index is 543. The van der Waals surface area contributed by atoms with Gasteiger partial charge in [-0.2, -0.15) is 0 Å². The van der Waals surface area contributed by atoms with Gasteiger partial charge in [-0.3, -0.25) is 0 Å². The van der Waals surface area contributed by atoms with Gasteiger partial charge in [0.15, 0.2) is 0 Å². The maximum absolute atomic E-state index is 13.6. The number of rotatable bonds is 5. The minimum Gasteiger partial charge on any atom is -0.303 e. The molecule has 1 nitrogen and oxygen atoms in total. The Morgan fingerprint density at radius 3 is 2.08 bits per heavy atom. The van der Waals surface area contributed by atoms with Crippen LogP contribution >= 0.6 is 11.6 Å². The first-order valence-corrected chi connectivity index (χ1v) is 9.93. The number of carbonyl (C=O) groups excluding carboxylic acids is 1. The van der Waals surface area contributed by atoms with Gasteiger partial charge < -0.3 is 4.79 Å². The van der Waals surface area contributed by atoms with Crippen LogP contribution in [0.1, 0.15) is 75.7 Å². The molecule has 132 valence electrons. The highest BCUT2D eigenvalue weighted by Crippen LogP contribution is 2.40. The molecule has 1 aromatic rings. The van der Waals surface area contributed by atoms with Gasteiger partial charge in [0.05, 0.1) is 5.02 Å². The van der Waals surface area contributed by atoms with Crippen LogP contribution in [0.15, 0.2) is 18.2 Å². The van der Waals surface area contributed by atoms with E-state index in [4.69, 9.17) is 11.6 Å². The third-order valence-electron chi connectivity index (χ3n) is 6.33. The lowest BCUT2D eigenvalue weighted by atomic mass is 9.74. The number of aldehydes is 1. The Hall–Kier alpha value is -0.890. The molecular weight excluding hydrogens is 323 g/mol. The molecular formula is C21H28ClFO. The van der Waals surface area contributed by atoms with Crippen molar-refractivity contribution in [1.82, 2.24) is 0 Å². The van der Waals surface area contributed by atoms with Crippen molar-refractivity contribution in [2.45, 2.75) is 70.1 Å². The van der Waals surface area contributed by atoms with Crippen LogP contribution in [0.3, 0.4) is 0 Å². The Balaban J connectivity index is 1.40. The highest BCUT2D eigenvalue weighted by molar-refractivity contribution is 6.30. The van der Waals surface area contributed by atoms with Gasteiger partial charge in [0.25, 0.3) is 0 Å². The molecule has 0 heterocycles. The van der Waals surface area contributed by atoms with Crippen LogP contribution in [-0.2, 0) is 4.79 Å². The standard InChI is InChI=1S/C21H28ClFO/c22-20-12-11-19(13-21(20)23)18-9-7-16(8-10-18)2-1-15-3-5-17(14-24)6-4-15/h11-18H,1-10H2/t15-,16-,17-,18-. The molecule has 0 saturated heterocycles. The Morgan fingerprint density at radius 1 is 0.958 bits per heavy atom. The largest absolute Gasteiger partial charge is 0.303 e. The summed E-state index contributed by atoms with van der Waals surface area (Å²) in [7, 11) is 0. The molecule has 2 aliphatic carbocycles. The molecule has 0 radical (unpaired) electrons. The molecule has 1 aromatic carbocycles. The Morgan fingerprint density at radius 2 is 1.54 bits per heavy atom. The van der Waals surface area contributed by atoms with E-state index in [0.29, 0.717) is 11.8 Å². The van der Waals surface area contributed by atoms with Crippen LogP contribution in [0.4, 0.5) is 4.39 Å². The van der Waals surface area contributed by atoms with Crippen LogP contribution in [0.5, 0.6) is 0 Å². The van der Waals surface area contributed by atoms with E-state index in [1.54, 1.807) is 12.1 Å². The monoisotopic (exact) mass is 350 g/mol. The first-order valence-electron chi connectivity index (χ1n) is 9.56. The van der Waals surface area contributed by atoms with Gasteiger partial charge in [-0.15, -0.1) is 0 Å². The molecule has 24 heavy (non-hydrogen) atoms. The Kier molecular flexibility index (Phi) is 6.32. The van der Waals surface area contributed by atoms with Crippen molar-refractivity contribution in [2.24, 2.45) is 17.8 Å². The van der Waals surface area contributed by atoms with E-state index in [1.165, 1.54) is 51.4 Å². The summed E-state index contributed by atoms with van der Waals surface area (Å²) < 4.78 is 13.6. The number of carbonyl (C=O) groups is 1. The number of halogens is 2. The molecule has 2 aliphatic rings. The van der Waals surface area contributed by atoms with Gasteiger partial charge in [0.1, 0.15) is 12.1 Å². The zero-order valence-corrected chi connectivity index (χ0v) is 15.1. The normalized spacial score (nSPS) is 30.9. The second-order valence-corrected chi connectivity index (χ2v) is 8.29. The summed E-state index contributed by atoms with van der Waals surface area (Å²) in [4.78, 5) is 10.8. The fourth-order valence-corrected chi connectivity index (χ4v) is 4.75. The minimum absolute atomic E-state index is 0.219. The van der Waals surface area contributed by atoms with Crippen molar-refractivity contribution >= 4 is 17.9 Å². The summed E-state index contributed by atoms with van der Waals surface area (Å²) in [6.07, 6.45) is 13.4. The van der Waals surface area contributed by atoms with Crippen LogP contribution in [0.2, 0.25) is 5.02 Å². The van der Waals surface area contributed by atoms with Crippen molar-refractivity contribution in [2.75, 3.05) is 0 Å². The fraction of sp³-hybridized carbons (Fsp3) is 0.667. The van der Waals surface area contributed by atoms with Gasteiger partial charge in [0, 0.05) is 5.92 Å². The first kappa shape index (κ1) is 17.9. The van der Waals surface area contributed by atoms with Gasteiger partial charge in [-0.1, -0.05) is 30.5 Å². The van der Waals surface area contributed by atoms with Crippen LogP contribution < -0.4 is 0 Å². The topological polar surface area (TPSA) is 17.1 Å². The average Bonchev–Trinajstić information content (AvgIpc) is 2.63. The van der Waals surface area contributed by atoms with E-state index < -0.39 is 0 Å². The number of hydrogen-bond acceptors (Lipinski definition) is 1. The van der Waals surface area contributed by atoms with Crippen LogP contribution in [-0.4, -0.2) is 6.29 Å². The predicted octanol–water partition coefficient (Wildman–Crippen LogP) is 6.54. The minimum atomic E-state index is -0.290. The molecule has 0 atom stereocenters. The molecule has 0 bridgehead atoms. The summed E-state index contributed by atoms with van der Waals surface area (Å²) in [5, 5.41) is 0.219. The maximum atomic E-state index is 13.6. The third-order valence-corrected chi connectivity index (χ3v) is 6.64. The predicted molar refractivity (Wildman–Crippen MR) is 96.9 cm³/mol. The summed E-state index contributed by atoms with van der Waals surface area (Å²) in [5.74, 6) is 2.21. The van der Waals surface area contributed by atoms with Gasteiger partial charge in [-0.05, 0) is 86.8 Å². The molecule has 0 N–H and O–H groups in total. The fourth-order valence-electron chi connectivity index (χ4n) is 4.64. The third kappa shape index (κ3) is 4.59. The number of hydrogen-bond donors (Lipinski definition) is 0. The van der Waals surface area contributed by atoms with E-state index in [-0.39, 0.29) is 10.8 Å². The van der Waals surface area contributed by atoms with Crippen molar-refractivity contribution in [3.8, 4) is 0 Å². The highest BCUT2D eigenvalue weighted by Gasteiger charge is 2.25. The molecule has 0 amide bonds. The van der Waals surface area contributed by atoms with Gasteiger partial charge >= 0.3 is 0 Å². The second kappa shape index (κ2) is 8.47. The van der Waals surface area contributed by atoms with Crippen molar-refractivity contribution in [3.63, 3.8) is 0 Å². The van der Waals surface area contributed by atoms with E-state index in [0.717, 1.165) is 36.5 Å². The molecule has 0 unspecified atom stereocenters. The summed E-state index contributed by atoms with van der Waals surface area (Å²) in [6.45, 7) is 0. The molecule has 3 heteroatoms. The maximum Gasteiger partial charge on any atom is 0.142 e. The smallest absolute Gasteiger partial charge is 0.142 e. The van der Waals surface area contributed by atoms with E-state index in [2.05, 4.69) is 0 Å². The number of benzene rings is 1. The summed E-state index contributed by atoms with van der Waals surface area (Å²) in [5.41, 5.74) is 1.11. The van der Waals surface area contributed by atoms with E-state index in [9.17, 15) is 9.18 Å². The van der Waals surface area contributed by atoms with Crippen molar-refractivity contribution in [3.05, 3.63) is 34.6 Å². The molecule has 3 rings (SSSR count). The zero-order chi connectivity index (χ0) is 16.9. The molecule has 2 saturated carbocycles.